The number of nitrogens with one attached hydrogen (secondary N) is 1. The van der Waals surface area contributed by atoms with Crippen molar-refractivity contribution < 1.29 is 14.3 Å². The van der Waals surface area contributed by atoms with Crippen LogP contribution in [0.4, 0.5) is 0 Å². The number of hydrogen-bond donors (Lipinski definition) is 1. The summed E-state index contributed by atoms with van der Waals surface area (Å²) in [6, 6.07) is 0. The predicted molar refractivity (Wildman–Crippen MR) is 114 cm³/mol. The van der Waals surface area contributed by atoms with Crippen molar-refractivity contribution in [3.8, 4) is 0 Å². The summed E-state index contributed by atoms with van der Waals surface area (Å²) in [7, 11) is 0. The molecule has 4 rings (SSSR count). The van der Waals surface area contributed by atoms with E-state index in [-0.39, 0.29) is 40.3 Å². The van der Waals surface area contributed by atoms with E-state index in [0.717, 1.165) is 51.4 Å². The molecule has 2 unspecified atom stereocenters. The lowest BCUT2D eigenvalue weighted by molar-refractivity contribution is -0.168. The number of esters is 1. The van der Waals surface area contributed by atoms with Crippen molar-refractivity contribution in [1.29, 1.82) is 0 Å². The first-order valence-corrected chi connectivity index (χ1v) is 11.8. The molecule has 162 valence electrons. The average Bonchev–Trinajstić information content (AvgIpc) is 2.99. The molecule has 0 radical (unpaired) electrons. The predicted octanol–water partition coefficient (Wildman–Crippen LogP) is 5.02. The Hall–Kier alpha value is -1.32. The summed E-state index contributed by atoms with van der Waals surface area (Å²) in [6.45, 7) is 11.2. The molecule has 7 atom stereocenters. The highest BCUT2D eigenvalue weighted by Crippen LogP contribution is 2.65. The molecule has 29 heavy (non-hydrogen) atoms. The standard InChI is InChI=1S/C25H39NO3/c1-6-13-23(2,3)26-22(28)19-9-8-17-16-7-10-20-25(5,15-12-21(27)29-20)18(16)11-14-24(17,19)4/h12,15-20H,6-11,13-14H2,1-5H3,(H,26,28)/t16-,17-,18+,19?,20?,24-,25+/m0/s1. The summed E-state index contributed by atoms with van der Waals surface area (Å²) in [5.41, 5.74) is -0.0623. The van der Waals surface area contributed by atoms with Crippen LogP contribution in [-0.4, -0.2) is 23.5 Å². The Bertz CT molecular complexity index is 713. The molecule has 4 nitrogen and oxygen atoms in total. The quantitative estimate of drug-likeness (QED) is 0.673. The number of amides is 1. The fourth-order valence-corrected chi connectivity index (χ4v) is 7.74. The van der Waals surface area contributed by atoms with E-state index in [9.17, 15) is 9.59 Å². The van der Waals surface area contributed by atoms with Crippen LogP contribution in [-0.2, 0) is 14.3 Å². The van der Waals surface area contributed by atoms with Crippen LogP contribution in [0.1, 0.15) is 86.0 Å². The molecule has 0 spiro atoms. The fourth-order valence-electron chi connectivity index (χ4n) is 7.74. The highest BCUT2D eigenvalue weighted by molar-refractivity contribution is 5.83. The number of fused-ring (bicyclic) bond motifs is 5. The van der Waals surface area contributed by atoms with Crippen LogP contribution in [0.25, 0.3) is 0 Å². The second kappa shape index (κ2) is 7.13. The van der Waals surface area contributed by atoms with Gasteiger partial charge in [0.2, 0.25) is 5.91 Å². The van der Waals surface area contributed by atoms with E-state index < -0.39 is 0 Å². The van der Waals surface area contributed by atoms with E-state index in [1.165, 1.54) is 0 Å². The van der Waals surface area contributed by atoms with Crippen LogP contribution in [0.3, 0.4) is 0 Å². The Kier molecular flexibility index (Phi) is 5.15. The lowest BCUT2D eigenvalue weighted by atomic mass is 9.48. The first kappa shape index (κ1) is 20.9. The maximum Gasteiger partial charge on any atom is 0.330 e. The van der Waals surface area contributed by atoms with Crippen molar-refractivity contribution in [3.63, 3.8) is 0 Å². The second-order valence-electron chi connectivity index (χ2n) is 11.4. The zero-order valence-corrected chi connectivity index (χ0v) is 18.9. The number of carbonyl (C=O) groups excluding carboxylic acids is 2. The van der Waals surface area contributed by atoms with Gasteiger partial charge in [0, 0.05) is 22.9 Å². The topological polar surface area (TPSA) is 55.4 Å². The van der Waals surface area contributed by atoms with Gasteiger partial charge in [-0.15, -0.1) is 0 Å². The van der Waals surface area contributed by atoms with Crippen molar-refractivity contribution in [2.24, 2.45) is 34.5 Å². The van der Waals surface area contributed by atoms with Crippen LogP contribution in [0.5, 0.6) is 0 Å². The maximum absolute atomic E-state index is 13.3. The molecule has 1 heterocycles. The van der Waals surface area contributed by atoms with Gasteiger partial charge < -0.3 is 10.1 Å². The van der Waals surface area contributed by atoms with Gasteiger partial charge in [-0.25, -0.2) is 4.79 Å². The lowest BCUT2D eigenvalue weighted by Gasteiger charge is -2.58. The van der Waals surface area contributed by atoms with Gasteiger partial charge in [0.25, 0.3) is 0 Å². The molecule has 1 aliphatic heterocycles. The molecule has 1 amide bonds. The van der Waals surface area contributed by atoms with Gasteiger partial charge in [-0.1, -0.05) is 33.3 Å². The molecule has 1 N–H and O–H groups in total. The summed E-state index contributed by atoms with van der Waals surface area (Å²) in [4.78, 5) is 25.1. The Morgan fingerprint density at radius 2 is 1.93 bits per heavy atom. The van der Waals surface area contributed by atoms with Crippen molar-refractivity contribution in [2.75, 3.05) is 0 Å². The van der Waals surface area contributed by atoms with Gasteiger partial charge >= 0.3 is 5.97 Å². The van der Waals surface area contributed by atoms with Crippen molar-refractivity contribution in [3.05, 3.63) is 12.2 Å². The Balaban J connectivity index is 1.54. The largest absolute Gasteiger partial charge is 0.458 e. The normalized spacial score (nSPS) is 43.8. The van der Waals surface area contributed by atoms with Crippen molar-refractivity contribution >= 4 is 11.9 Å². The first-order chi connectivity index (χ1) is 13.6. The Labute approximate surface area is 176 Å². The summed E-state index contributed by atoms with van der Waals surface area (Å²) >= 11 is 0. The summed E-state index contributed by atoms with van der Waals surface area (Å²) in [5, 5.41) is 3.38. The minimum atomic E-state index is -0.182. The summed E-state index contributed by atoms with van der Waals surface area (Å²) < 4.78 is 5.73. The van der Waals surface area contributed by atoms with Crippen LogP contribution in [0, 0.1) is 34.5 Å². The minimum absolute atomic E-state index is 0.0287. The molecule has 0 bridgehead atoms. The van der Waals surface area contributed by atoms with E-state index in [2.05, 4.69) is 46.0 Å². The first-order valence-electron chi connectivity index (χ1n) is 11.8. The monoisotopic (exact) mass is 401 g/mol. The van der Waals surface area contributed by atoms with Crippen LogP contribution >= 0.6 is 0 Å². The lowest BCUT2D eigenvalue weighted by Crippen LogP contribution is -2.56. The SMILES string of the molecule is CCCC(C)(C)NC(=O)C1CC[C@H]2[C@@H]3CCC4OC(=O)C=C[C@]4(C)[C@@H]3CC[C@]12C. The van der Waals surface area contributed by atoms with Crippen LogP contribution in [0.15, 0.2) is 12.2 Å². The Morgan fingerprint density at radius 3 is 2.66 bits per heavy atom. The Morgan fingerprint density at radius 1 is 1.17 bits per heavy atom. The maximum atomic E-state index is 13.3. The van der Waals surface area contributed by atoms with Gasteiger partial charge in [-0.05, 0) is 82.0 Å². The van der Waals surface area contributed by atoms with Gasteiger partial charge in [-0.2, -0.15) is 0 Å². The van der Waals surface area contributed by atoms with Gasteiger partial charge in [0.1, 0.15) is 6.10 Å². The third-order valence-electron chi connectivity index (χ3n) is 9.18. The average molecular weight is 402 g/mol. The number of carbonyl (C=O) groups is 2. The third-order valence-corrected chi connectivity index (χ3v) is 9.18. The van der Waals surface area contributed by atoms with Crippen LogP contribution in [0.2, 0.25) is 0 Å². The highest BCUT2D eigenvalue weighted by Gasteiger charge is 2.61. The minimum Gasteiger partial charge on any atom is -0.458 e. The molecule has 0 aromatic heterocycles. The number of hydrogen-bond acceptors (Lipinski definition) is 3. The molecule has 3 aliphatic carbocycles. The van der Waals surface area contributed by atoms with E-state index in [1.807, 2.05) is 0 Å². The highest BCUT2D eigenvalue weighted by atomic mass is 16.5. The third kappa shape index (κ3) is 3.35. The zero-order valence-electron chi connectivity index (χ0n) is 18.9. The van der Waals surface area contributed by atoms with E-state index in [0.29, 0.717) is 17.8 Å². The van der Waals surface area contributed by atoms with Gasteiger partial charge in [-0.3, -0.25) is 4.79 Å². The van der Waals surface area contributed by atoms with Crippen molar-refractivity contribution in [1.82, 2.24) is 5.32 Å². The van der Waals surface area contributed by atoms with E-state index in [4.69, 9.17) is 4.74 Å². The summed E-state index contributed by atoms with van der Waals surface area (Å²) in [6.07, 6.45) is 12.4. The molecule has 3 fully saturated rings. The molecular weight excluding hydrogens is 362 g/mol. The molecule has 0 aromatic rings. The zero-order chi connectivity index (χ0) is 21.0. The van der Waals surface area contributed by atoms with Gasteiger partial charge in [0.15, 0.2) is 0 Å². The molecular formula is C25H39NO3. The van der Waals surface area contributed by atoms with Crippen LogP contribution < -0.4 is 5.32 Å². The van der Waals surface area contributed by atoms with E-state index in [1.54, 1.807) is 6.08 Å². The number of rotatable bonds is 4. The van der Waals surface area contributed by atoms with E-state index >= 15 is 0 Å². The molecule has 0 saturated heterocycles. The molecule has 4 heteroatoms. The molecule has 0 aromatic carbocycles. The number of ether oxygens (including phenoxy) is 1. The van der Waals surface area contributed by atoms with Gasteiger partial charge in [0.05, 0.1) is 0 Å². The second-order valence-corrected chi connectivity index (χ2v) is 11.4. The summed E-state index contributed by atoms with van der Waals surface area (Å²) in [5.74, 6) is 2.03. The molecule has 4 aliphatic rings. The van der Waals surface area contributed by atoms with Crippen molar-refractivity contribution in [2.45, 2.75) is 97.6 Å². The fraction of sp³-hybridized carbons (Fsp3) is 0.840. The molecule has 3 saturated carbocycles. The smallest absolute Gasteiger partial charge is 0.330 e.